The molecule has 1 rings (SSSR count). The second-order valence-corrected chi connectivity index (χ2v) is 3.24. The molecular formula is C9H14ClN3O. The van der Waals surface area contributed by atoms with Gasteiger partial charge in [0.25, 0.3) is 0 Å². The van der Waals surface area contributed by atoms with Gasteiger partial charge in [0.2, 0.25) is 0 Å². The molecule has 0 saturated heterocycles. The van der Waals surface area contributed by atoms with Crippen LogP contribution >= 0.6 is 11.6 Å². The van der Waals surface area contributed by atoms with E-state index in [-0.39, 0.29) is 6.61 Å². The van der Waals surface area contributed by atoms with Crippen molar-refractivity contribution >= 4 is 23.1 Å². The van der Waals surface area contributed by atoms with Gasteiger partial charge in [-0.25, -0.2) is 4.98 Å². The van der Waals surface area contributed by atoms with Crippen molar-refractivity contribution in [1.82, 2.24) is 4.98 Å². The van der Waals surface area contributed by atoms with Gasteiger partial charge in [0.05, 0.1) is 12.3 Å². The normalized spacial score (nSPS) is 10.2. The fourth-order valence-electron chi connectivity index (χ4n) is 1.22. The van der Waals surface area contributed by atoms with Crippen LogP contribution in [0, 0.1) is 0 Å². The Morgan fingerprint density at radius 3 is 2.86 bits per heavy atom. The van der Waals surface area contributed by atoms with Crippen molar-refractivity contribution in [2.24, 2.45) is 0 Å². The molecule has 1 aromatic heterocycles. The van der Waals surface area contributed by atoms with E-state index in [1.807, 2.05) is 11.8 Å². The van der Waals surface area contributed by atoms with Gasteiger partial charge < -0.3 is 15.7 Å². The third-order valence-corrected chi connectivity index (χ3v) is 2.13. The number of halogens is 1. The van der Waals surface area contributed by atoms with Gasteiger partial charge in [0.1, 0.15) is 5.15 Å². The third kappa shape index (κ3) is 2.49. The van der Waals surface area contributed by atoms with Gasteiger partial charge in [-0.1, -0.05) is 11.6 Å². The zero-order chi connectivity index (χ0) is 10.6. The van der Waals surface area contributed by atoms with E-state index in [1.54, 1.807) is 12.1 Å². The highest BCUT2D eigenvalue weighted by Crippen LogP contribution is 2.22. The number of anilines is 2. The summed E-state index contributed by atoms with van der Waals surface area (Å²) in [6, 6.07) is 3.36. The van der Waals surface area contributed by atoms with Crippen molar-refractivity contribution in [1.29, 1.82) is 0 Å². The van der Waals surface area contributed by atoms with Crippen LogP contribution in [0.25, 0.3) is 0 Å². The lowest BCUT2D eigenvalue weighted by atomic mass is 10.3. The van der Waals surface area contributed by atoms with E-state index in [0.717, 1.165) is 6.54 Å². The lowest BCUT2D eigenvalue weighted by Gasteiger charge is -2.22. The van der Waals surface area contributed by atoms with Crippen molar-refractivity contribution in [3.05, 3.63) is 17.3 Å². The van der Waals surface area contributed by atoms with Crippen LogP contribution in [0.15, 0.2) is 12.1 Å². The minimum absolute atomic E-state index is 0.0709. The van der Waals surface area contributed by atoms with Gasteiger partial charge in [-0.15, -0.1) is 0 Å². The van der Waals surface area contributed by atoms with E-state index in [9.17, 15) is 0 Å². The Labute approximate surface area is 88.3 Å². The number of aliphatic hydroxyl groups is 1. The lowest BCUT2D eigenvalue weighted by molar-refractivity contribution is 0.302. The average molecular weight is 216 g/mol. The number of nitrogen functional groups attached to an aromatic ring is 1. The van der Waals surface area contributed by atoms with Crippen LogP contribution in [0.4, 0.5) is 11.5 Å². The smallest absolute Gasteiger partial charge is 0.153 e. The molecule has 0 aliphatic heterocycles. The van der Waals surface area contributed by atoms with E-state index < -0.39 is 0 Å². The first-order valence-corrected chi connectivity index (χ1v) is 4.84. The van der Waals surface area contributed by atoms with Crippen LogP contribution in [0.2, 0.25) is 5.15 Å². The highest BCUT2D eigenvalue weighted by atomic mass is 35.5. The molecule has 0 atom stereocenters. The first-order chi connectivity index (χ1) is 6.69. The molecule has 0 aliphatic rings. The molecule has 0 aliphatic carbocycles. The molecule has 3 N–H and O–H groups in total. The maximum atomic E-state index is 8.85. The molecule has 0 radical (unpaired) electrons. The van der Waals surface area contributed by atoms with Crippen molar-refractivity contribution in [2.45, 2.75) is 6.92 Å². The molecule has 0 aromatic carbocycles. The van der Waals surface area contributed by atoms with Gasteiger partial charge in [0.15, 0.2) is 5.82 Å². The standard InChI is InChI=1S/C9H14ClN3O/c1-2-13(5-6-14)9-7(11)3-4-8(10)12-9/h3-4,14H,2,5-6,11H2,1H3. The second kappa shape index (κ2) is 5.02. The average Bonchev–Trinajstić information content (AvgIpc) is 2.18. The Bertz CT molecular complexity index is 306. The number of pyridine rings is 1. The van der Waals surface area contributed by atoms with Gasteiger partial charge in [0, 0.05) is 13.1 Å². The highest BCUT2D eigenvalue weighted by Gasteiger charge is 2.09. The molecule has 0 fully saturated rings. The molecule has 0 unspecified atom stereocenters. The van der Waals surface area contributed by atoms with E-state index in [2.05, 4.69) is 4.98 Å². The molecule has 14 heavy (non-hydrogen) atoms. The number of aromatic nitrogens is 1. The zero-order valence-electron chi connectivity index (χ0n) is 8.07. The number of aliphatic hydroxyl groups excluding tert-OH is 1. The van der Waals surface area contributed by atoms with Crippen LogP contribution in [-0.4, -0.2) is 29.8 Å². The van der Waals surface area contributed by atoms with E-state index in [1.165, 1.54) is 0 Å². The summed E-state index contributed by atoms with van der Waals surface area (Å²) in [4.78, 5) is 5.99. The van der Waals surface area contributed by atoms with Gasteiger partial charge in [-0.2, -0.15) is 0 Å². The fraction of sp³-hybridized carbons (Fsp3) is 0.444. The Morgan fingerprint density at radius 2 is 2.29 bits per heavy atom. The largest absolute Gasteiger partial charge is 0.396 e. The molecule has 1 aromatic rings. The molecule has 0 spiro atoms. The molecule has 78 valence electrons. The quantitative estimate of drug-likeness (QED) is 0.740. The summed E-state index contributed by atoms with van der Waals surface area (Å²) in [5, 5.41) is 9.25. The number of nitrogens with zero attached hydrogens (tertiary/aromatic N) is 2. The summed E-state index contributed by atoms with van der Waals surface area (Å²) < 4.78 is 0. The van der Waals surface area contributed by atoms with E-state index >= 15 is 0 Å². The fourth-order valence-corrected chi connectivity index (χ4v) is 1.37. The van der Waals surface area contributed by atoms with E-state index in [4.69, 9.17) is 22.4 Å². The minimum atomic E-state index is 0.0709. The molecule has 0 bridgehead atoms. The Hall–Kier alpha value is -1.00. The number of hydrogen-bond donors (Lipinski definition) is 2. The van der Waals surface area contributed by atoms with Crippen molar-refractivity contribution in [3.8, 4) is 0 Å². The summed E-state index contributed by atoms with van der Waals surface area (Å²) in [7, 11) is 0. The summed E-state index contributed by atoms with van der Waals surface area (Å²) in [5.74, 6) is 0.633. The Kier molecular flexibility index (Phi) is 3.98. The van der Waals surface area contributed by atoms with Crippen molar-refractivity contribution < 1.29 is 5.11 Å². The molecule has 0 amide bonds. The van der Waals surface area contributed by atoms with Crippen molar-refractivity contribution in [2.75, 3.05) is 30.3 Å². The predicted octanol–water partition coefficient (Wildman–Crippen LogP) is 1.14. The third-order valence-electron chi connectivity index (χ3n) is 1.92. The lowest BCUT2D eigenvalue weighted by Crippen LogP contribution is -2.27. The van der Waals surface area contributed by atoms with Crippen LogP contribution in [0.5, 0.6) is 0 Å². The predicted molar refractivity (Wildman–Crippen MR) is 58.6 cm³/mol. The topological polar surface area (TPSA) is 62.4 Å². The second-order valence-electron chi connectivity index (χ2n) is 2.85. The molecule has 1 heterocycles. The molecule has 5 heteroatoms. The maximum absolute atomic E-state index is 8.85. The number of rotatable bonds is 4. The van der Waals surface area contributed by atoms with Gasteiger partial charge >= 0.3 is 0 Å². The van der Waals surface area contributed by atoms with Crippen LogP contribution < -0.4 is 10.6 Å². The first-order valence-electron chi connectivity index (χ1n) is 4.46. The maximum Gasteiger partial charge on any atom is 0.153 e. The van der Waals surface area contributed by atoms with Gasteiger partial charge in [-0.05, 0) is 19.1 Å². The zero-order valence-corrected chi connectivity index (χ0v) is 8.83. The number of likely N-dealkylation sites (N-methyl/N-ethyl adjacent to an activating group) is 1. The van der Waals surface area contributed by atoms with Crippen LogP contribution in [0.3, 0.4) is 0 Å². The first kappa shape index (κ1) is 11.1. The summed E-state index contributed by atoms with van der Waals surface area (Å²) in [5.41, 5.74) is 6.33. The molecular weight excluding hydrogens is 202 g/mol. The highest BCUT2D eigenvalue weighted by molar-refractivity contribution is 6.29. The summed E-state index contributed by atoms with van der Waals surface area (Å²) >= 11 is 5.76. The van der Waals surface area contributed by atoms with E-state index in [0.29, 0.717) is 23.2 Å². The van der Waals surface area contributed by atoms with Crippen LogP contribution in [-0.2, 0) is 0 Å². The Balaban J connectivity index is 2.96. The summed E-state index contributed by atoms with van der Waals surface area (Å²) in [6.45, 7) is 3.28. The van der Waals surface area contributed by atoms with Crippen molar-refractivity contribution in [3.63, 3.8) is 0 Å². The van der Waals surface area contributed by atoms with Crippen LogP contribution in [0.1, 0.15) is 6.92 Å². The van der Waals surface area contributed by atoms with Gasteiger partial charge in [-0.3, -0.25) is 0 Å². The monoisotopic (exact) mass is 215 g/mol. The number of hydrogen-bond acceptors (Lipinski definition) is 4. The SMILES string of the molecule is CCN(CCO)c1nc(Cl)ccc1N. The number of nitrogens with two attached hydrogens (primary N) is 1. The summed E-state index contributed by atoms with van der Waals surface area (Å²) in [6.07, 6.45) is 0. The molecule has 0 saturated carbocycles. The molecule has 4 nitrogen and oxygen atoms in total. The minimum Gasteiger partial charge on any atom is -0.396 e. The Morgan fingerprint density at radius 1 is 1.57 bits per heavy atom.